The highest BCUT2D eigenvalue weighted by Gasteiger charge is 2.21. The Morgan fingerprint density at radius 3 is 2.47 bits per heavy atom. The van der Waals surface area contributed by atoms with Crippen LogP contribution in [0, 0.1) is 0 Å². The van der Waals surface area contributed by atoms with E-state index < -0.39 is 9.84 Å². The standard InChI is InChI=1S/C23H21N5O3S/c1-32(30,31)20-5-2-4-17(14-20)18-8-11-21-25-23(26-28(21)15-18)24-19-9-6-16(7-10-19)22(29)27-12-3-13-27/h2,4-11,14-15H,3,12-13H2,1H3,(H,24,26). The number of nitrogens with zero attached hydrogens (tertiary/aromatic N) is 4. The summed E-state index contributed by atoms with van der Waals surface area (Å²) in [4.78, 5) is 18.9. The lowest BCUT2D eigenvalue weighted by Crippen LogP contribution is -2.41. The molecule has 0 radical (unpaired) electrons. The second-order valence-corrected chi connectivity index (χ2v) is 9.82. The number of amides is 1. The summed E-state index contributed by atoms with van der Waals surface area (Å²) in [5.41, 5.74) is 3.71. The molecule has 1 amide bonds. The minimum absolute atomic E-state index is 0.0566. The fraction of sp³-hybridized carbons (Fsp3) is 0.174. The van der Waals surface area contributed by atoms with E-state index in [9.17, 15) is 13.2 Å². The third-order valence-electron chi connectivity index (χ3n) is 5.46. The zero-order chi connectivity index (χ0) is 22.3. The van der Waals surface area contributed by atoms with E-state index in [0.29, 0.717) is 17.2 Å². The number of anilines is 2. The molecule has 0 bridgehead atoms. The molecule has 162 valence electrons. The van der Waals surface area contributed by atoms with Crippen LogP contribution in [0.15, 0.2) is 71.8 Å². The van der Waals surface area contributed by atoms with Gasteiger partial charge in [0.05, 0.1) is 4.90 Å². The van der Waals surface area contributed by atoms with Crippen LogP contribution in [0.1, 0.15) is 16.8 Å². The molecule has 2 aromatic carbocycles. The van der Waals surface area contributed by atoms with Gasteiger partial charge in [0.1, 0.15) is 0 Å². The predicted molar refractivity (Wildman–Crippen MR) is 122 cm³/mol. The maximum Gasteiger partial charge on any atom is 0.253 e. The number of benzene rings is 2. The third kappa shape index (κ3) is 3.94. The number of fused-ring (bicyclic) bond motifs is 1. The van der Waals surface area contributed by atoms with Gasteiger partial charge in [-0.1, -0.05) is 12.1 Å². The van der Waals surface area contributed by atoms with Gasteiger partial charge in [0.25, 0.3) is 5.91 Å². The van der Waals surface area contributed by atoms with Crippen molar-refractivity contribution in [3.05, 3.63) is 72.4 Å². The van der Waals surface area contributed by atoms with Crippen molar-refractivity contribution in [2.45, 2.75) is 11.3 Å². The molecule has 5 rings (SSSR count). The summed E-state index contributed by atoms with van der Waals surface area (Å²) in [5.74, 6) is 0.481. The van der Waals surface area contributed by atoms with E-state index in [0.717, 1.165) is 36.3 Å². The maximum atomic E-state index is 12.3. The summed E-state index contributed by atoms with van der Waals surface area (Å²) in [6.07, 6.45) is 4.07. The zero-order valence-electron chi connectivity index (χ0n) is 17.4. The van der Waals surface area contributed by atoms with Crippen molar-refractivity contribution < 1.29 is 13.2 Å². The van der Waals surface area contributed by atoms with Crippen molar-refractivity contribution in [1.29, 1.82) is 0 Å². The molecule has 32 heavy (non-hydrogen) atoms. The molecule has 0 aliphatic carbocycles. The maximum absolute atomic E-state index is 12.3. The zero-order valence-corrected chi connectivity index (χ0v) is 18.2. The molecule has 1 fully saturated rings. The topological polar surface area (TPSA) is 96.7 Å². The van der Waals surface area contributed by atoms with Crippen LogP contribution in [0.25, 0.3) is 16.8 Å². The van der Waals surface area contributed by atoms with Gasteiger partial charge in [-0.2, -0.15) is 4.98 Å². The first-order valence-electron chi connectivity index (χ1n) is 10.2. The lowest BCUT2D eigenvalue weighted by atomic mass is 10.1. The average molecular weight is 448 g/mol. The molecular formula is C23H21N5O3S. The van der Waals surface area contributed by atoms with Crippen LogP contribution in [0.5, 0.6) is 0 Å². The minimum Gasteiger partial charge on any atom is -0.339 e. The van der Waals surface area contributed by atoms with E-state index in [1.807, 2.05) is 41.4 Å². The van der Waals surface area contributed by atoms with Crippen LogP contribution in [0.2, 0.25) is 0 Å². The molecule has 1 aliphatic heterocycles. The Labute approximate surface area is 185 Å². The number of sulfone groups is 1. The molecule has 3 heterocycles. The van der Waals surface area contributed by atoms with Crippen LogP contribution in [0.4, 0.5) is 11.6 Å². The van der Waals surface area contributed by atoms with E-state index in [1.54, 1.807) is 34.8 Å². The molecule has 2 aromatic heterocycles. The number of aromatic nitrogens is 3. The molecular weight excluding hydrogens is 426 g/mol. The van der Waals surface area contributed by atoms with Crippen molar-refractivity contribution in [2.24, 2.45) is 0 Å². The first-order valence-corrected chi connectivity index (χ1v) is 12.1. The number of pyridine rings is 1. The summed E-state index contributed by atoms with van der Waals surface area (Å²) >= 11 is 0. The number of rotatable bonds is 5. The second-order valence-electron chi connectivity index (χ2n) is 7.80. The molecule has 1 N–H and O–H groups in total. The number of nitrogens with one attached hydrogen (secondary N) is 1. The van der Waals surface area contributed by atoms with Crippen LogP contribution in [-0.2, 0) is 9.84 Å². The molecule has 8 nitrogen and oxygen atoms in total. The summed E-state index contributed by atoms with van der Waals surface area (Å²) in [6, 6.07) is 17.8. The number of carbonyl (C=O) groups is 1. The van der Waals surface area contributed by atoms with Gasteiger partial charge in [0.15, 0.2) is 15.5 Å². The molecule has 0 atom stereocenters. The smallest absolute Gasteiger partial charge is 0.253 e. The van der Waals surface area contributed by atoms with Crippen LogP contribution >= 0.6 is 0 Å². The fourth-order valence-electron chi connectivity index (χ4n) is 3.54. The van der Waals surface area contributed by atoms with Crippen molar-refractivity contribution in [2.75, 3.05) is 24.7 Å². The predicted octanol–water partition coefficient (Wildman–Crippen LogP) is 3.39. The molecule has 0 unspecified atom stereocenters. The number of carbonyl (C=O) groups excluding carboxylic acids is 1. The normalized spacial score (nSPS) is 13.7. The number of likely N-dealkylation sites (tertiary alicyclic amines) is 1. The third-order valence-corrected chi connectivity index (χ3v) is 6.57. The number of hydrogen-bond acceptors (Lipinski definition) is 6. The van der Waals surface area contributed by atoms with Crippen molar-refractivity contribution in [3.63, 3.8) is 0 Å². The summed E-state index contributed by atoms with van der Waals surface area (Å²) in [7, 11) is -3.29. The lowest BCUT2D eigenvalue weighted by molar-refractivity contribution is 0.0652. The summed E-state index contributed by atoms with van der Waals surface area (Å²) < 4.78 is 25.4. The largest absolute Gasteiger partial charge is 0.339 e. The van der Waals surface area contributed by atoms with Gasteiger partial charge < -0.3 is 10.2 Å². The minimum atomic E-state index is -3.29. The van der Waals surface area contributed by atoms with E-state index >= 15 is 0 Å². The summed E-state index contributed by atoms with van der Waals surface area (Å²) in [6.45, 7) is 1.65. The van der Waals surface area contributed by atoms with Crippen LogP contribution in [-0.4, -0.2) is 53.2 Å². The molecule has 9 heteroatoms. The van der Waals surface area contributed by atoms with Gasteiger partial charge in [0.2, 0.25) is 5.95 Å². The van der Waals surface area contributed by atoms with Crippen molar-refractivity contribution >= 4 is 33.0 Å². The second kappa shape index (κ2) is 7.76. The van der Waals surface area contributed by atoms with Crippen LogP contribution in [0.3, 0.4) is 0 Å². The highest BCUT2D eigenvalue weighted by molar-refractivity contribution is 7.90. The Morgan fingerprint density at radius 1 is 1.00 bits per heavy atom. The van der Waals surface area contributed by atoms with Gasteiger partial charge >= 0.3 is 0 Å². The quantitative estimate of drug-likeness (QED) is 0.504. The summed E-state index contributed by atoms with van der Waals surface area (Å²) in [5, 5.41) is 7.63. The van der Waals surface area contributed by atoms with Crippen molar-refractivity contribution in [1.82, 2.24) is 19.5 Å². The van der Waals surface area contributed by atoms with E-state index in [1.165, 1.54) is 6.26 Å². The molecule has 0 spiro atoms. The Kier molecular flexibility index (Phi) is 4.90. The van der Waals surface area contributed by atoms with E-state index in [2.05, 4.69) is 15.4 Å². The molecule has 1 aliphatic rings. The Balaban J connectivity index is 1.37. The van der Waals surface area contributed by atoms with Gasteiger partial charge in [-0.3, -0.25) is 4.79 Å². The van der Waals surface area contributed by atoms with Gasteiger partial charge in [0, 0.05) is 42.4 Å². The highest BCUT2D eigenvalue weighted by atomic mass is 32.2. The van der Waals surface area contributed by atoms with Crippen molar-refractivity contribution in [3.8, 4) is 11.1 Å². The molecule has 4 aromatic rings. The monoisotopic (exact) mass is 447 g/mol. The first-order chi connectivity index (χ1) is 15.4. The lowest BCUT2D eigenvalue weighted by Gasteiger charge is -2.30. The van der Waals surface area contributed by atoms with Gasteiger partial charge in [-0.15, -0.1) is 5.10 Å². The molecule has 1 saturated heterocycles. The van der Waals surface area contributed by atoms with Gasteiger partial charge in [-0.05, 0) is 60.5 Å². The number of hydrogen-bond donors (Lipinski definition) is 1. The van der Waals surface area contributed by atoms with E-state index in [-0.39, 0.29) is 10.8 Å². The average Bonchev–Trinajstić information content (AvgIpc) is 3.14. The highest BCUT2D eigenvalue weighted by Crippen LogP contribution is 2.24. The van der Waals surface area contributed by atoms with Crippen LogP contribution < -0.4 is 5.32 Å². The Bertz CT molecular complexity index is 1420. The Hall–Kier alpha value is -3.72. The fourth-order valence-corrected chi connectivity index (χ4v) is 4.21. The first kappa shape index (κ1) is 20.2. The molecule has 0 saturated carbocycles. The van der Waals surface area contributed by atoms with Gasteiger partial charge in [-0.25, -0.2) is 12.9 Å². The van der Waals surface area contributed by atoms with E-state index in [4.69, 9.17) is 0 Å². The SMILES string of the molecule is CS(=O)(=O)c1cccc(-c2ccc3nc(Nc4ccc(C(=O)N5CCC5)cc4)nn3c2)c1. The Morgan fingerprint density at radius 2 is 1.78 bits per heavy atom.